The molecule has 0 radical (unpaired) electrons. The van der Waals surface area contributed by atoms with Crippen LogP contribution in [0.15, 0.2) is 62.6 Å². The van der Waals surface area contributed by atoms with Gasteiger partial charge in [0.25, 0.3) is 5.22 Å². The second-order valence-corrected chi connectivity index (χ2v) is 6.53. The van der Waals surface area contributed by atoms with Crippen LogP contribution in [-0.4, -0.2) is 10.2 Å². The lowest BCUT2D eigenvalue weighted by atomic mass is 10.1. The highest BCUT2D eigenvalue weighted by Crippen LogP contribution is 2.23. The van der Waals surface area contributed by atoms with Gasteiger partial charge in [-0.3, -0.25) is 0 Å². The van der Waals surface area contributed by atoms with E-state index in [0.29, 0.717) is 17.5 Å². The van der Waals surface area contributed by atoms with Crippen molar-refractivity contribution < 1.29 is 8.81 Å². The Morgan fingerprint density at radius 2 is 1.86 bits per heavy atom. The van der Waals surface area contributed by atoms with Crippen molar-refractivity contribution in [1.29, 1.82) is 0 Å². The molecule has 0 fully saturated rings. The van der Waals surface area contributed by atoms with Crippen molar-refractivity contribution in [3.05, 3.63) is 75.8 Å². The first-order chi connectivity index (χ1) is 10.7. The molecule has 3 rings (SSSR count). The Hall–Kier alpha value is -1.66. The van der Waals surface area contributed by atoms with Gasteiger partial charge in [-0.1, -0.05) is 52.0 Å². The van der Waals surface area contributed by atoms with Gasteiger partial charge in [-0.05, 0) is 35.4 Å². The van der Waals surface area contributed by atoms with Gasteiger partial charge in [0.15, 0.2) is 0 Å². The average Bonchev–Trinajstić information content (AvgIpc) is 2.93. The highest BCUT2D eigenvalue weighted by molar-refractivity contribution is 9.10. The molecule has 1 heterocycles. The molecule has 6 heteroatoms. The largest absolute Gasteiger partial charge is 0.416 e. The third kappa shape index (κ3) is 4.18. The number of rotatable bonds is 5. The normalized spacial score (nSPS) is 10.8. The van der Waals surface area contributed by atoms with E-state index in [4.69, 9.17) is 4.42 Å². The predicted octanol–water partition coefficient (Wildman–Crippen LogP) is 4.85. The van der Waals surface area contributed by atoms with Gasteiger partial charge in [0.1, 0.15) is 5.82 Å². The molecular weight excluding hydrogens is 367 g/mol. The molecule has 0 saturated carbocycles. The summed E-state index contributed by atoms with van der Waals surface area (Å²) in [7, 11) is 0. The van der Waals surface area contributed by atoms with Crippen LogP contribution in [-0.2, 0) is 12.2 Å². The molecule has 112 valence electrons. The molecule has 0 atom stereocenters. The number of halogens is 2. The average molecular weight is 379 g/mol. The van der Waals surface area contributed by atoms with E-state index in [0.717, 1.165) is 15.8 Å². The summed E-state index contributed by atoms with van der Waals surface area (Å²) in [5, 5.41) is 8.53. The molecule has 0 amide bonds. The van der Waals surface area contributed by atoms with Crippen LogP contribution in [0.1, 0.15) is 17.0 Å². The Balaban J connectivity index is 1.61. The predicted molar refractivity (Wildman–Crippen MR) is 87.2 cm³/mol. The molecule has 3 aromatic rings. The van der Waals surface area contributed by atoms with Gasteiger partial charge in [0.2, 0.25) is 5.89 Å². The number of nitrogens with zero attached hydrogens (tertiary/aromatic N) is 2. The van der Waals surface area contributed by atoms with E-state index in [-0.39, 0.29) is 5.82 Å². The molecule has 0 spiro atoms. The summed E-state index contributed by atoms with van der Waals surface area (Å²) in [5.41, 5.74) is 1.98. The van der Waals surface area contributed by atoms with E-state index in [2.05, 4.69) is 32.2 Å². The van der Waals surface area contributed by atoms with Crippen molar-refractivity contribution in [2.75, 3.05) is 0 Å². The van der Waals surface area contributed by atoms with Crippen LogP contribution >= 0.6 is 27.7 Å². The summed E-state index contributed by atoms with van der Waals surface area (Å²) in [6, 6.07) is 14.5. The van der Waals surface area contributed by atoms with E-state index >= 15 is 0 Å². The molecule has 0 bridgehead atoms. The first kappa shape index (κ1) is 15.2. The van der Waals surface area contributed by atoms with Crippen molar-refractivity contribution in [3.8, 4) is 0 Å². The van der Waals surface area contributed by atoms with E-state index < -0.39 is 0 Å². The molecular formula is C16H12BrFN2OS. The number of hydrogen-bond acceptors (Lipinski definition) is 4. The number of benzene rings is 2. The molecule has 0 aliphatic heterocycles. The van der Waals surface area contributed by atoms with Crippen molar-refractivity contribution in [3.63, 3.8) is 0 Å². The second kappa shape index (κ2) is 7.07. The Labute approximate surface area is 140 Å². The zero-order valence-corrected chi connectivity index (χ0v) is 13.9. The molecule has 2 aromatic carbocycles. The Morgan fingerprint density at radius 3 is 2.68 bits per heavy atom. The third-order valence-electron chi connectivity index (χ3n) is 2.94. The molecule has 0 unspecified atom stereocenters. The fourth-order valence-corrected chi connectivity index (χ4v) is 3.13. The summed E-state index contributed by atoms with van der Waals surface area (Å²) in [5.74, 6) is 0.977. The molecule has 1 aromatic heterocycles. The van der Waals surface area contributed by atoms with Gasteiger partial charge in [0.05, 0.1) is 6.42 Å². The summed E-state index contributed by atoms with van der Waals surface area (Å²) in [4.78, 5) is 0. The van der Waals surface area contributed by atoms with Crippen LogP contribution in [0.3, 0.4) is 0 Å². The van der Waals surface area contributed by atoms with Gasteiger partial charge >= 0.3 is 0 Å². The molecule has 0 N–H and O–H groups in total. The minimum Gasteiger partial charge on any atom is -0.416 e. The lowest BCUT2D eigenvalue weighted by Gasteiger charge is -1.99. The highest BCUT2D eigenvalue weighted by atomic mass is 79.9. The SMILES string of the molecule is Fc1cccc(Cc2nnc(SCc3cccc(Br)c3)o2)c1. The molecule has 22 heavy (non-hydrogen) atoms. The fraction of sp³-hybridized carbons (Fsp3) is 0.125. The maximum absolute atomic E-state index is 13.1. The van der Waals surface area contributed by atoms with Crippen LogP contribution in [0.4, 0.5) is 4.39 Å². The second-order valence-electron chi connectivity index (χ2n) is 4.69. The van der Waals surface area contributed by atoms with Crippen molar-refractivity contribution in [2.45, 2.75) is 17.4 Å². The monoisotopic (exact) mass is 378 g/mol. The van der Waals surface area contributed by atoms with Crippen LogP contribution in [0.5, 0.6) is 0 Å². The smallest absolute Gasteiger partial charge is 0.276 e. The summed E-state index contributed by atoms with van der Waals surface area (Å²) in [6.45, 7) is 0. The van der Waals surface area contributed by atoms with Gasteiger partial charge in [-0.15, -0.1) is 10.2 Å². The lowest BCUT2D eigenvalue weighted by Crippen LogP contribution is -1.89. The summed E-state index contributed by atoms with van der Waals surface area (Å²) < 4.78 is 19.8. The maximum Gasteiger partial charge on any atom is 0.276 e. The van der Waals surface area contributed by atoms with E-state index in [1.165, 1.54) is 29.5 Å². The molecule has 0 aliphatic rings. The summed E-state index contributed by atoms with van der Waals surface area (Å²) in [6.07, 6.45) is 0.433. The quantitative estimate of drug-likeness (QED) is 0.594. The van der Waals surface area contributed by atoms with Crippen molar-refractivity contribution in [2.24, 2.45) is 0 Å². The Morgan fingerprint density at radius 1 is 1.05 bits per heavy atom. The maximum atomic E-state index is 13.1. The minimum absolute atomic E-state index is 0.263. The van der Waals surface area contributed by atoms with Gasteiger partial charge < -0.3 is 4.42 Å². The lowest BCUT2D eigenvalue weighted by molar-refractivity contribution is 0.420. The first-order valence-electron chi connectivity index (χ1n) is 6.63. The highest BCUT2D eigenvalue weighted by Gasteiger charge is 2.08. The Kier molecular flexibility index (Phi) is 4.90. The minimum atomic E-state index is -0.263. The van der Waals surface area contributed by atoms with Crippen LogP contribution in [0.2, 0.25) is 0 Å². The van der Waals surface area contributed by atoms with Gasteiger partial charge in [-0.2, -0.15) is 0 Å². The summed E-state index contributed by atoms with van der Waals surface area (Å²) >= 11 is 4.93. The zero-order valence-electron chi connectivity index (χ0n) is 11.5. The zero-order chi connectivity index (χ0) is 15.4. The van der Waals surface area contributed by atoms with Crippen LogP contribution in [0, 0.1) is 5.82 Å². The third-order valence-corrected chi connectivity index (χ3v) is 4.33. The molecule has 0 saturated heterocycles. The van der Waals surface area contributed by atoms with Crippen LogP contribution < -0.4 is 0 Å². The van der Waals surface area contributed by atoms with Crippen LogP contribution in [0.25, 0.3) is 0 Å². The number of aromatic nitrogens is 2. The fourth-order valence-electron chi connectivity index (χ4n) is 1.96. The van der Waals surface area contributed by atoms with Crippen molar-refractivity contribution in [1.82, 2.24) is 10.2 Å². The van der Waals surface area contributed by atoms with Gasteiger partial charge in [-0.25, -0.2) is 4.39 Å². The van der Waals surface area contributed by atoms with Gasteiger partial charge in [0, 0.05) is 10.2 Å². The molecule has 3 nitrogen and oxygen atoms in total. The first-order valence-corrected chi connectivity index (χ1v) is 8.41. The van der Waals surface area contributed by atoms with E-state index in [1.54, 1.807) is 6.07 Å². The van der Waals surface area contributed by atoms with E-state index in [9.17, 15) is 4.39 Å². The van der Waals surface area contributed by atoms with E-state index in [1.807, 2.05) is 24.3 Å². The number of thioether (sulfide) groups is 1. The molecule has 0 aliphatic carbocycles. The Bertz CT molecular complexity index is 778. The van der Waals surface area contributed by atoms with Crippen molar-refractivity contribution >= 4 is 27.7 Å². The standard InChI is InChI=1S/C16H12BrFN2OS/c17-13-5-1-4-12(7-13)10-22-16-20-19-15(21-16)9-11-3-2-6-14(18)8-11/h1-8H,9-10H2. The topological polar surface area (TPSA) is 38.9 Å². The number of hydrogen-bond donors (Lipinski definition) is 0.